The molecule has 0 aliphatic carbocycles. The van der Waals surface area contributed by atoms with Crippen LogP contribution in [-0.4, -0.2) is 14.5 Å². The summed E-state index contributed by atoms with van der Waals surface area (Å²) in [6, 6.07) is 14.8. The summed E-state index contributed by atoms with van der Waals surface area (Å²) in [6.07, 6.45) is 7.71. The van der Waals surface area contributed by atoms with Gasteiger partial charge in [0.25, 0.3) is 10.5 Å². The van der Waals surface area contributed by atoms with Crippen molar-refractivity contribution in [2.75, 3.05) is 0 Å². The standard InChI is InChI=1S/C20H13N4S/c1-2-4-14(5-3-1)24-17-11-22-9-7-16(17)18-20(24)25-19-15-6-8-21-10-13(15)12-23(18)19/h1-11H,12H2/q+1. The fraction of sp³-hybridized carbons (Fsp3) is 0.0500. The Balaban J connectivity index is 1.78. The molecule has 1 aliphatic rings. The molecule has 0 atom stereocenters. The van der Waals surface area contributed by atoms with Crippen LogP contribution in [-0.2, 0) is 6.54 Å². The van der Waals surface area contributed by atoms with Crippen LogP contribution >= 0.6 is 11.3 Å². The topological polar surface area (TPSA) is 34.6 Å². The van der Waals surface area contributed by atoms with Crippen LogP contribution in [0, 0.1) is 0 Å². The molecule has 1 aliphatic heterocycles. The van der Waals surface area contributed by atoms with Crippen molar-refractivity contribution < 1.29 is 4.57 Å². The number of aromatic nitrogens is 4. The van der Waals surface area contributed by atoms with Gasteiger partial charge in [0.2, 0.25) is 0 Å². The third kappa shape index (κ3) is 1.68. The van der Waals surface area contributed by atoms with Crippen molar-refractivity contribution in [3.63, 3.8) is 0 Å². The van der Waals surface area contributed by atoms with Gasteiger partial charge in [0.1, 0.15) is 0 Å². The smallest absolute Gasteiger partial charge is 0.272 e. The Bertz CT molecular complexity index is 1270. The van der Waals surface area contributed by atoms with Gasteiger partial charge in [-0.3, -0.25) is 14.5 Å². The third-order valence-electron chi connectivity index (χ3n) is 4.89. The average Bonchev–Trinajstić information content (AvgIpc) is 3.29. The van der Waals surface area contributed by atoms with Crippen LogP contribution in [0.1, 0.15) is 5.56 Å². The first-order valence-corrected chi connectivity index (χ1v) is 9.03. The lowest BCUT2D eigenvalue weighted by Gasteiger charge is -2.04. The third-order valence-corrected chi connectivity index (χ3v) is 6.09. The second kappa shape index (κ2) is 4.74. The van der Waals surface area contributed by atoms with E-state index in [2.05, 4.69) is 61.6 Å². The quantitative estimate of drug-likeness (QED) is 0.424. The molecular weight excluding hydrogens is 328 g/mol. The second-order valence-electron chi connectivity index (χ2n) is 6.24. The molecule has 118 valence electrons. The zero-order chi connectivity index (χ0) is 16.4. The van der Waals surface area contributed by atoms with Crippen molar-refractivity contribution in [1.29, 1.82) is 0 Å². The van der Waals surface area contributed by atoms with Crippen LogP contribution in [0.2, 0.25) is 0 Å². The summed E-state index contributed by atoms with van der Waals surface area (Å²) in [4.78, 5) is 9.93. The molecule has 0 saturated heterocycles. The number of para-hydroxylation sites is 1. The number of hydrogen-bond donors (Lipinski definition) is 0. The van der Waals surface area contributed by atoms with Gasteiger partial charge in [-0.15, -0.1) is 0 Å². The second-order valence-corrected chi connectivity index (χ2v) is 7.22. The molecule has 0 spiro atoms. The molecule has 0 saturated carbocycles. The highest BCUT2D eigenvalue weighted by atomic mass is 32.1. The van der Waals surface area contributed by atoms with Crippen LogP contribution in [0.25, 0.3) is 37.5 Å². The fourth-order valence-corrected chi connectivity index (χ4v) is 5.19. The number of hydrogen-bond acceptors (Lipinski definition) is 3. The largest absolute Gasteiger partial charge is 0.294 e. The Hall–Kier alpha value is -3.05. The van der Waals surface area contributed by atoms with Crippen LogP contribution in [0.4, 0.5) is 0 Å². The van der Waals surface area contributed by atoms with Gasteiger partial charge in [-0.2, -0.15) is 4.57 Å². The molecule has 5 heterocycles. The van der Waals surface area contributed by atoms with E-state index >= 15 is 0 Å². The Morgan fingerprint density at radius 1 is 0.960 bits per heavy atom. The Morgan fingerprint density at radius 3 is 2.72 bits per heavy atom. The zero-order valence-electron chi connectivity index (χ0n) is 13.3. The van der Waals surface area contributed by atoms with E-state index in [1.807, 2.05) is 36.1 Å². The van der Waals surface area contributed by atoms with Crippen molar-refractivity contribution >= 4 is 32.6 Å². The highest BCUT2D eigenvalue weighted by molar-refractivity contribution is 7.21. The van der Waals surface area contributed by atoms with Gasteiger partial charge < -0.3 is 0 Å². The lowest BCUT2D eigenvalue weighted by atomic mass is 10.2. The Labute approximate surface area is 147 Å². The van der Waals surface area contributed by atoms with E-state index in [1.54, 1.807) is 0 Å². The molecule has 4 nitrogen and oxygen atoms in total. The van der Waals surface area contributed by atoms with E-state index < -0.39 is 0 Å². The van der Waals surface area contributed by atoms with E-state index in [9.17, 15) is 0 Å². The number of thiazole rings is 1. The van der Waals surface area contributed by atoms with Gasteiger partial charge in [0.05, 0.1) is 22.7 Å². The lowest BCUT2D eigenvalue weighted by Crippen LogP contribution is -2.30. The van der Waals surface area contributed by atoms with Gasteiger partial charge in [0, 0.05) is 29.8 Å². The van der Waals surface area contributed by atoms with Crippen molar-refractivity contribution in [3.05, 3.63) is 72.8 Å². The van der Waals surface area contributed by atoms with Crippen LogP contribution in [0.3, 0.4) is 0 Å². The van der Waals surface area contributed by atoms with Crippen molar-refractivity contribution in [1.82, 2.24) is 14.5 Å². The summed E-state index contributed by atoms with van der Waals surface area (Å²) in [5.74, 6) is 0. The maximum atomic E-state index is 4.37. The molecule has 0 fully saturated rings. The average molecular weight is 341 g/mol. The first-order chi connectivity index (χ1) is 12.4. The van der Waals surface area contributed by atoms with Crippen molar-refractivity contribution in [2.45, 2.75) is 6.54 Å². The van der Waals surface area contributed by atoms with Gasteiger partial charge >= 0.3 is 0 Å². The summed E-state index contributed by atoms with van der Waals surface area (Å²) in [5.41, 5.74) is 6.21. The highest BCUT2D eigenvalue weighted by Gasteiger charge is 2.35. The van der Waals surface area contributed by atoms with Crippen molar-refractivity contribution in [3.8, 4) is 16.3 Å². The van der Waals surface area contributed by atoms with E-state index in [0.717, 1.165) is 12.1 Å². The lowest BCUT2D eigenvalue weighted by molar-refractivity contribution is -0.641. The summed E-state index contributed by atoms with van der Waals surface area (Å²) in [6.45, 7) is 0.884. The normalized spacial score (nSPS) is 12.6. The van der Waals surface area contributed by atoms with Crippen LogP contribution < -0.4 is 4.57 Å². The summed E-state index contributed by atoms with van der Waals surface area (Å²) in [5, 5.41) is 2.56. The van der Waals surface area contributed by atoms with Gasteiger partial charge in [-0.1, -0.05) is 18.2 Å². The van der Waals surface area contributed by atoms with Gasteiger partial charge in [-0.25, -0.2) is 0 Å². The molecule has 0 radical (unpaired) electrons. The molecular formula is C20H13N4S+. The maximum Gasteiger partial charge on any atom is 0.272 e. The van der Waals surface area contributed by atoms with E-state index in [-0.39, 0.29) is 0 Å². The Morgan fingerprint density at radius 2 is 1.80 bits per heavy atom. The predicted octanol–water partition coefficient (Wildman–Crippen LogP) is 3.95. The number of rotatable bonds is 1. The molecule has 5 aromatic rings. The van der Waals surface area contributed by atoms with Crippen molar-refractivity contribution in [2.24, 2.45) is 0 Å². The number of fused-ring (bicyclic) bond motifs is 7. The zero-order valence-corrected chi connectivity index (χ0v) is 14.1. The van der Waals surface area contributed by atoms with E-state index in [0.29, 0.717) is 0 Å². The molecule has 0 bridgehead atoms. The molecule has 0 unspecified atom stereocenters. The number of pyridine rings is 2. The molecule has 25 heavy (non-hydrogen) atoms. The number of nitrogens with zero attached hydrogens (tertiary/aromatic N) is 4. The molecule has 6 rings (SSSR count). The fourth-order valence-electron chi connectivity index (χ4n) is 3.81. The summed E-state index contributed by atoms with van der Waals surface area (Å²) < 4.78 is 4.75. The molecule has 5 heteroatoms. The van der Waals surface area contributed by atoms with Gasteiger partial charge in [0.15, 0.2) is 11.4 Å². The first-order valence-electron chi connectivity index (χ1n) is 8.21. The predicted molar refractivity (Wildman–Crippen MR) is 99.0 cm³/mol. The molecule has 1 aromatic carbocycles. The minimum absolute atomic E-state index is 0.884. The molecule has 0 N–H and O–H groups in total. The van der Waals surface area contributed by atoms with Crippen LogP contribution in [0.5, 0.6) is 0 Å². The minimum atomic E-state index is 0.884. The van der Waals surface area contributed by atoms with Gasteiger partial charge in [-0.05, 0) is 35.6 Å². The molecule has 4 aromatic heterocycles. The first kappa shape index (κ1) is 13.3. The minimum Gasteiger partial charge on any atom is -0.294 e. The van der Waals surface area contributed by atoms with E-state index in [1.165, 1.54) is 37.6 Å². The number of benzene rings is 1. The SMILES string of the molecule is c1ccc(-n2c3cnccc3c3c2sc2[n+]3Cc3cnccc3-2)cc1. The van der Waals surface area contributed by atoms with Crippen LogP contribution in [0.15, 0.2) is 67.3 Å². The maximum absolute atomic E-state index is 4.37. The Kier molecular flexibility index (Phi) is 2.51. The van der Waals surface area contributed by atoms with E-state index in [4.69, 9.17) is 0 Å². The summed E-state index contributed by atoms with van der Waals surface area (Å²) >= 11 is 1.85. The summed E-state index contributed by atoms with van der Waals surface area (Å²) in [7, 11) is 0. The monoisotopic (exact) mass is 341 g/mol. The molecule has 0 amide bonds. The highest BCUT2D eigenvalue weighted by Crippen LogP contribution is 2.40.